The summed E-state index contributed by atoms with van der Waals surface area (Å²) in [6, 6.07) is 8.71. The fourth-order valence-electron chi connectivity index (χ4n) is 1.64. The molecule has 1 heterocycles. The third-order valence-corrected chi connectivity index (χ3v) is 3.66. The van der Waals surface area contributed by atoms with E-state index in [2.05, 4.69) is 4.74 Å². The van der Waals surface area contributed by atoms with Crippen LogP contribution in [0, 0.1) is 0 Å². The number of benzene rings is 1. The summed E-state index contributed by atoms with van der Waals surface area (Å²) in [4.78, 5) is 22.9. The first-order valence-electron chi connectivity index (χ1n) is 6.51. The van der Waals surface area contributed by atoms with Crippen molar-refractivity contribution < 1.29 is 28.5 Å². The lowest BCUT2D eigenvalue weighted by atomic mass is 10.2. The summed E-state index contributed by atoms with van der Waals surface area (Å²) in [7, 11) is 0. The molecule has 2 atom stereocenters. The van der Waals surface area contributed by atoms with E-state index in [0.717, 1.165) is 0 Å². The third kappa shape index (κ3) is 4.95. The Bertz CT molecular complexity index is 478. The van der Waals surface area contributed by atoms with E-state index in [1.807, 2.05) is 6.07 Å². The molecule has 7 heteroatoms. The normalized spacial score (nSPS) is 20.8. The molecule has 0 aromatic heterocycles. The van der Waals surface area contributed by atoms with Crippen molar-refractivity contribution in [2.75, 3.05) is 19.0 Å². The molecule has 114 valence electrons. The van der Waals surface area contributed by atoms with Crippen LogP contribution in [0.25, 0.3) is 0 Å². The highest BCUT2D eigenvalue weighted by molar-refractivity contribution is 8.00. The molecule has 0 radical (unpaired) electrons. The number of hydrogen-bond acceptors (Lipinski definition) is 7. The largest absolute Gasteiger partial charge is 0.510 e. The summed E-state index contributed by atoms with van der Waals surface area (Å²) in [6.07, 6.45) is -1.43. The lowest BCUT2D eigenvalue weighted by Crippen LogP contribution is -2.23. The van der Waals surface area contributed by atoms with E-state index in [4.69, 9.17) is 14.2 Å². The molecule has 0 amide bonds. The van der Waals surface area contributed by atoms with Crippen molar-refractivity contribution >= 4 is 23.9 Å². The van der Waals surface area contributed by atoms with E-state index >= 15 is 0 Å². The molecule has 1 aromatic carbocycles. The minimum Gasteiger partial charge on any atom is -0.458 e. The molecule has 21 heavy (non-hydrogen) atoms. The molecule has 0 saturated carbocycles. The van der Waals surface area contributed by atoms with Gasteiger partial charge in [0.1, 0.15) is 12.0 Å². The summed E-state index contributed by atoms with van der Waals surface area (Å²) in [5.41, 5.74) is 0.136. The fourth-order valence-corrected chi connectivity index (χ4v) is 2.53. The zero-order valence-corrected chi connectivity index (χ0v) is 12.3. The van der Waals surface area contributed by atoms with E-state index in [0.29, 0.717) is 11.3 Å². The molecule has 1 aliphatic heterocycles. The number of thioether (sulfide) groups is 1. The summed E-state index contributed by atoms with van der Waals surface area (Å²) in [6.45, 7) is 2.04. The molecule has 2 rings (SSSR count). The van der Waals surface area contributed by atoms with E-state index in [1.165, 1.54) is 11.8 Å². The predicted molar refractivity (Wildman–Crippen MR) is 76.0 cm³/mol. The van der Waals surface area contributed by atoms with Gasteiger partial charge in [0.25, 0.3) is 0 Å². The van der Waals surface area contributed by atoms with Crippen molar-refractivity contribution in [3.63, 3.8) is 0 Å². The fraction of sp³-hybridized carbons (Fsp3) is 0.429. The number of esters is 1. The molecule has 1 aromatic rings. The van der Waals surface area contributed by atoms with Gasteiger partial charge in [-0.1, -0.05) is 18.2 Å². The van der Waals surface area contributed by atoms with Gasteiger partial charge in [-0.05, 0) is 19.1 Å². The summed E-state index contributed by atoms with van der Waals surface area (Å²) in [5.74, 6) is 0.0707. The molecule has 0 aliphatic carbocycles. The molecule has 1 fully saturated rings. The molecule has 0 unspecified atom stereocenters. The third-order valence-electron chi connectivity index (χ3n) is 2.57. The monoisotopic (exact) mass is 312 g/mol. The molecule has 0 N–H and O–H groups in total. The zero-order chi connectivity index (χ0) is 15.1. The highest BCUT2D eigenvalue weighted by Gasteiger charge is 2.30. The van der Waals surface area contributed by atoms with Crippen LogP contribution in [0.2, 0.25) is 0 Å². The second-order valence-corrected chi connectivity index (χ2v) is 5.29. The van der Waals surface area contributed by atoms with E-state index < -0.39 is 18.4 Å². The highest BCUT2D eigenvalue weighted by Crippen LogP contribution is 2.26. The minimum absolute atomic E-state index is 0.0983. The Labute approximate surface area is 126 Å². The summed E-state index contributed by atoms with van der Waals surface area (Å²) >= 11 is 1.42. The Kier molecular flexibility index (Phi) is 5.89. The van der Waals surface area contributed by atoms with Gasteiger partial charge in [-0.25, -0.2) is 9.59 Å². The van der Waals surface area contributed by atoms with Crippen LogP contribution in [-0.2, 0) is 18.9 Å². The lowest BCUT2D eigenvalue weighted by Gasteiger charge is -2.13. The maximum absolute atomic E-state index is 11.8. The van der Waals surface area contributed by atoms with Gasteiger partial charge in [0, 0.05) is 0 Å². The second kappa shape index (κ2) is 7.90. The van der Waals surface area contributed by atoms with Crippen LogP contribution in [0.1, 0.15) is 17.3 Å². The van der Waals surface area contributed by atoms with Crippen molar-refractivity contribution in [3.8, 4) is 0 Å². The standard InChI is InChI=1S/C14H16O6S/c1-2-17-14(16)20-11-9-21-12(19-11)8-18-13(15)10-6-4-3-5-7-10/h3-7,11-12H,2,8-9H2,1H3/t11-,12+/m0/s1. The molecular weight excluding hydrogens is 296 g/mol. The summed E-state index contributed by atoms with van der Waals surface area (Å²) < 4.78 is 20.2. The SMILES string of the molecule is CCOC(=O)O[C@H]1CS[C@H](COC(=O)c2ccccc2)O1. The van der Waals surface area contributed by atoms with Crippen LogP contribution < -0.4 is 0 Å². The topological polar surface area (TPSA) is 71.1 Å². The molecule has 1 aliphatic rings. The Hall–Kier alpha value is -1.73. The predicted octanol–water partition coefficient (Wildman–Crippen LogP) is 2.43. The Balaban J connectivity index is 1.71. The summed E-state index contributed by atoms with van der Waals surface area (Å²) in [5, 5.41) is 0. The maximum Gasteiger partial charge on any atom is 0.510 e. The van der Waals surface area contributed by atoms with Gasteiger partial charge in [0.05, 0.1) is 17.9 Å². The van der Waals surface area contributed by atoms with E-state index in [1.54, 1.807) is 31.2 Å². The second-order valence-electron chi connectivity index (χ2n) is 4.09. The molecule has 1 saturated heterocycles. The van der Waals surface area contributed by atoms with Crippen molar-refractivity contribution in [3.05, 3.63) is 35.9 Å². The van der Waals surface area contributed by atoms with Crippen molar-refractivity contribution in [2.24, 2.45) is 0 Å². The molecular formula is C14H16O6S. The van der Waals surface area contributed by atoms with Crippen LogP contribution in [0.3, 0.4) is 0 Å². The van der Waals surface area contributed by atoms with Gasteiger partial charge in [-0.15, -0.1) is 11.8 Å². The van der Waals surface area contributed by atoms with Crippen LogP contribution in [0.5, 0.6) is 0 Å². The van der Waals surface area contributed by atoms with Crippen molar-refractivity contribution in [2.45, 2.75) is 18.6 Å². The number of ether oxygens (including phenoxy) is 4. The molecule has 0 bridgehead atoms. The smallest absolute Gasteiger partial charge is 0.458 e. The van der Waals surface area contributed by atoms with Gasteiger partial charge >= 0.3 is 12.1 Å². The van der Waals surface area contributed by atoms with Gasteiger partial charge in [-0.3, -0.25) is 0 Å². The zero-order valence-electron chi connectivity index (χ0n) is 11.5. The van der Waals surface area contributed by atoms with Crippen molar-refractivity contribution in [1.29, 1.82) is 0 Å². The van der Waals surface area contributed by atoms with Gasteiger partial charge in [0.2, 0.25) is 6.29 Å². The Morgan fingerprint density at radius 2 is 2.05 bits per heavy atom. The van der Waals surface area contributed by atoms with Gasteiger partial charge in [0.15, 0.2) is 0 Å². The number of rotatable bonds is 5. The number of carbonyl (C=O) groups excluding carboxylic acids is 2. The van der Waals surface area contributed by atoms with Crippen molar-refractivity contribution in [1.82, 2.24) is 0 Å². The first-order chi connectivity index (χ1) is 10.2. The van der Waals surface area contributed by atoms with Gasteiger partial charge < -0.3 is 18.9 Å². The minimum atomic E-state index is -0.759. The number of hydrogen-bond donors (Lipinski definition) is 0. The van der Waals surface area contributed by atoms with Gasteiger partial charge in [-0.2, -0.15) is 0 Å². The quantitative estimate of drug-likeness (QED) is 0.773. The number of carbonyl (C=O) groups is 2. The average molecular weight is 312 g/mol. The van der Waals surface area contributed by atoms with Crippen LogP contribution in [-0.4, -0.2) is 42.8 Å². The maximum atomic E-state index is 11.8. The molecule has 6 nitrogen and oxygen atoms in total. The Morgan fingerprint density at radius 3 is 2.76 bits per heavy atom. The van der Waals surface area contributed by atoms with Crippen LogP contribution >= 0.6 is 11.8 Å². The van der Waals surface area contributed by atoms with Crippen LogP contribution in [0.15, 0.2) is 30.3 Å². The van der Waals surface area contributed by atoms with E-state index in [9.17, 15) is 9.59 Å². The van der Waals surface area contributed by atoms with Crippen LogP contribution in [0.4, 0.5) is 4.79 Å². The van der Waals surface area contributed by atoms with E-state index in [-0.39, 0.29) is 18.6 Å². The lowest BCUT2D eigenvalue weighted by molar-refractivity contribution is -0.113. The average Bonchev–Trinajstić information content (AvgIpc) is 2.93. The first kappa shape index (κ1) is 15.7. The first-order valence-corrected chi connectivity index (χ1v) is 7.56. The Morgan fingerprint density at radius 1 is 1.29 bits per heavy atom. The highest BCUT2D eigenvalue weighted by atomic mass is 32.2. The molecule has 0 spiro atoms.